The van der Waals surface area contributed by atoms with Gasteiger partial charge < -0.3 is 9.84 Å². The van der Waals surface area contributed by atoms with Crippen LogP contribution in [0.4, 0.5) is 0 Å². The molecule has 3 aromatic rings. The van der Waals surface area contributed by atoms with Gasteiger partial charge in [-0.25, -0.2) is 0 Å². The summed E-state index contributed by atoms with van der Waals surface area (Å²) in [5.74, 6) is 0.654. The number of para-hydroxylation sites is 2. The van der Waals surface area contributed by atoms with Crippen LogP contribution in [0.2, 0.25) is 0 Å². The Bertz CT molecular complexity index is 738. The lowest BCUT2D eigenvalue weighted by Gasteiger charge is -2.16. The van der Waals surface area contributed by atoms with Crippen LogP contribution in [0.15, 0.2) is 54.9 Å². The van der Waals surface area contributed by atoms with Crippen molar-refractivity contribution in [1.82, 2.24) is 9.97 Å². The van der Waals surface area contributed by atoms with E-state index >= 15 is 0 Å². The predicted octanol–water partition coefficient (Wildman–Crippen LogP) is 2.72. The first-order valence-electron chi connectivity index (χ1n) is 6.32. The second kappa shape index (κ2) is 5.27. The zero-order valence-corrected chi connectivity index (χ0v) is 11.0. The molecule has 0 spiro atoms. The SMILES string of the molecule is COc1ccccc1C(O)c1cccc2nccnc12. The molecule has 4 heteroatoms. The number of rotatable bonds is 3. The minimum Gasteiger partial charge on any atom is -0.496 e. The lowest BCUT2D eigenvalue weighted by atomic mass is 9.99. The summed E-state index contributed by atoms with van der Waals surface area (Å²) >= 11 is 0. The highest BCUT2D eigenvalue weighted by atomic mass is 16.5. The van der Waals surface area contributed by atoms with Gasteiger partial charge in [-0.3, -0.25) is 9.97 Å². The summed E-state index contributed by atoms with van der Waals surface area (Å²) in [7, 11) is 1.59. The summed E-state index contributed by atoms with van der Waals surface area (Å²) in [6.07, 6.45) is 2.47. The summed E-state index contributed by atoms with van der Waals surface area (Å²) in [6, 6.07) is 13.0. The zero-order valence-electron chi connectivity index (χ0n) is 11.0. The van der Waals surface area contributed by atoms with E-state index in [-0.39, 0.29) is 0 Å². The molecule has 3 rings (SSSR count). The molecule has 0 amide bonds. The zero-order chi connectivity index (χ0) is 13.9. The van der Waals surface area contributed by atoms with Crippen LogP contribution < -0.4 is 4.74 Å². The average Bonchev–Trinajstić information content (AvgIpc) is 2.53. The molecule has 0 saturated heterocycles. The van der Waals surface area contributed by atoms with E-state index in [1.165, 1.54) is 0 Å². The molecule has 1 atom stereocenters. The number of aliphatic hydroxyl groups excluding tert-OH is 1. The highest BCUT2D eigenvalue weighted by molar-refractivity contribution is 5.78. The number of nitrogens with zero attached hydrogens (tertiary/aromatic N) is 2. The highest BCUT2D eigenvalue weighted by Gasteiger charge is 2.18. The van der Waals surface area contributed by atoms with Crippen molar-refractivity contribution in [3.63, 3.8) is 0 Å². The first-order valence-corrected chi connectivity index (χ1v) is 6.32. The van der Waals surface area contributed by atoms with Gasteiger partial charge in [0.25, 0.3) is 0 Å². The Hall–Kier alpha value is -2.46. The first-order chi connectivity index (χ1) is 9.81. The number of hydrogen-bond acceptors (Lipinski definition) is 4. The van der Waals surface area contributed by atoms with Gasteiger partial charge in [0.05, 0.1) is 18.1 Å². The number of aliphatic hydroxyl groups is 1. The molecule has 0 aliphatic rings. The van der Waals surface area contributed by atoms with Gasteiger partial charge >= 0.3 is 0 Å². The van der Waals surface area contributed by atoms with Gasteiger partial charge in [-0.1, -0.05) is 30.3 Å². The summed E-state index contributed by atoms with van der Waals surface area (Å²) in [5, 5.41) is 10.7. The summed E-state index contributed by atoms with van der Waals surface area (Å²) < 4.78 is 5.30. The predicted molar refractivity (Wildman–Crippen MR) is 76.6 cm³/mol. The molecule has 20 heavy (non-hydrogen) atoms. The van der Waals surface area contributed by atoms with Gasteiger partial charge in [-0.2, -0.15) is 0 Å². The number of methoxy groups -OCH3 is 1. The van der Waals surface area contributed by atoms with Crippen molar-refractivity contribution in [3.05, 3.63) is 66.0 Å². The molecule has 0 aliphatic heterocycles. The van der Waals surface area contributed by atoms with Gasteiger partial charge in [0.1, 0.15) is 11.9 Å². The van der Waals surface area contributed by atoms with E-state index in [0.717, 1.165) is 11.1 Å². The van der Waals surface area contributed by atoms with Crippen molar-refractivity contribution in [2.24, 2.45) is 0 Å². The van der Waals surface area contributed by atoms with Crippen molar-refractivity contribution in [1.29, 1.82) is 0 Å². The smallest absolute Gasteiger partial charge is 0.125 e. The molecule has 0 fully saturated rings. The maximum absolute atomic E-state index is 10.7. The van der Waals surface area contributed by atoms with E-state index in [1.54, 1.807) is 19.5 Å². The molecule has 1 heterocycles. The Morgan fingerprint density at radius 2 is 1.70 bits per heavy atom. The van der Waals surface area contributed by atoms with Gasteiger partial charge in [-0.05, 0) is 12.1 Å². The molecule has 1 N–H and O–H groups in total. The maximum Gasteiger partial charge on any atom is 0.125 e. The van der Waals surface area contributed by atoms with E-state index in [1.807, 2.05) is 42.5 Å². The third-order valence-corrected chi connectivity index (χ3v) is 3.26. The molecule has 2 aromatic carbocycles. The second-order valence-corrected chi connectivity index (χ2v) is 4.42. The van der Waals surface area contributed by atoms with Crippen molar-refractivity contribution >= 4 is 11.0 Å². The molecule has 1 unspecified atom stereocenters. The quantitative estimate of drug-likeness (QED) is 0.792. The fraction of sp³-hybridized carbons (Fsp3) is 0.125. The van der Waals surface area contributed by atoms with E-state index in [9.17, 15) is 5.11 Å². The third-order valence-electron chi connectivity index (χ3n) is 3.26. The second-order valence-electron chi connectivity index (χ2n) is 4.42. The maximum atomic E-state index is 10.7. The minimum absolute atomic E-state index is 0.654. The van der Waals surface area contributed by atoms with Crippen LogP contribution in [-0.4, -0.2) is 22.2 Å². The normalized spacial score (nSPS) is 12.3. The van der Waals surface area contributed by atoms with Gasteiger partial charge in [0, 0.05) is 23.5 Å². The fourth-order valence-corrected chi connectivity index (χ4v) is 2.30. The number of aromatic nitrogens is 2. The Balaban J connectivity index is 2.15. The van der Waals surface area contributed by atoms with Crippen LogP contribution in [-0.2, 0) is 0 Å². The van der Waals surface area contributed by atoms with E-state index in [0.29, 0.717) is 16.8 Å². The van der Waals surface area contributed by atoms with Crippen LogP contribution in [0, 0.1) is 0 Å². The number of benzene rings is 2. The van der Waals surface area contributed by atoms with Crippen LogP contribution >= 0.6 is 0 Å². The molecular formula is C16H14N2O2. The third kappa shape index (κ3) is 2.10. The molecule has 1 aromatic heterocycles. The number of fused-ring (bicyclic) bond motifs is 1. The van der Waals surface area contributed by atoms with Crippen LogP contribution in [0.25, 0.3) is 11.0 Å². The molecule has 100 valence electrons. The molecule has 0 aliphatic carbocycles. The van der Waals surface area contributed by atoms with E-state index < -0.39 is 6.10 Å². The standard InChI is InChI=1S/C16H14N2O2/c1-20-14-8-3-2-5-11(14)16(19)12-6-4-7-13-15(12)18-10-9-17-13/h2-10,16,19H,1H3. The summed E-state index contributed by atoms with van der Waals surface area (Å²) in [4.78, 5) is 8.58. The van der Waals surface area contributed by atoms with Gasteiger partial charge in [0.15, 0.2) is 0 Å². The molecule has 0 radical (unpaired) electrons. The number of ether oxygens (including phenoxy) is 1. The van der Waals surface area contributed by atoms with Crippen molar-refractivity contribution < 1.29 is 9.84 Å². The van der Waals surface area contributed by atoms with Crippen LogP contribution in [0.3, 0.4) is 0 Å². The minimum atomic E-state index is -0.799. The van der Waals surface area contributed by atoms with Gasteiger partial charge in [0.2, 0.25) is 0 Å². The Kier molecular flexibility index (Phi) is 3.31. The van der Waals surface area contributed by atoms with E-state index in [2.05, 4.69) is 9.97 Å². The fourth-order valence-electron chi connectivity index (χ4n) is 2.30. The van der Waals surface area contributed by atoms with Gasteiger partial charge in [-0.15, -0.1) is 0 Å². The molecular weight excluding hydrogens is 252 g/mol. The van der Waals surface area contributed by atoms with Crippen LogP contribution in [0.5, 0.6) is 5.75 Å². The Morgan fingerprint density at radius 1 is 0.950 bits per heavy atom. The van der Waals surface area contributed by atoms with E-state index in [4.69, 9.17) is 4.74 Å². The largest absolute Gasteiger partial charge is 0.496 e. The molecule has 0 bridgehead atoms. The summed E-state index contributed by atoms with van der Waals surface area (Å²) in [5.41, 5.74) is 2.90. The lowest BCUT2D eigenvalue weighted by Crippen LogP contribution is -2.04. The van der Waals surface area contributed by atoms with Crippen molar-refractivity contribution in [3.8, 4) is 5.75 Å². The summed E-state index contributed by atoms with van der Waals surface area (Å²) in [6.45, 7) is 0. The topological polar surface area (TPSA) is 55.2 Å². The average molecular weight is 266 g/mol. The molecule has 4 nitrogen and oxygen atoms in total. The molecule has 0 saturated carbocycles. The van der Waals surface area contributed by atoms with Crippen molar-refractivity contribution in [2.45, 2.75) is 6.10 Å². The highest BCUT2D eigenvalue weighted by Crippen LogP contribution is 2.32. The lowest BCUT2D eigenvalue weighted by molar-refractivity contribution is 0.216. The first kappa shape index (κ1) is 12.6. The van der Waals surface area contributed by atoms with Crippen LogP contribution in [0.1, 0.15) is 17.2 Å². The monoisotopic (exact) mass is 266 g/mol. The van der Waals surface area contributed by atoms with Crippen molar-refractivity contribution in [2.75, 3.05) is 7.11 Å². The Labute approximate surface area is 116 Å². The number of hydrogen-bond donors (Lipinski definition) is 1. The Morgan fingerprint density at radius 3 is 2.55 bits per heavy atom.